The molecule has 0 aliphatic heterocycles. The van der Waals surface area contributed by atoms with E-state index in [1.54, 1.807) is 35.1 Å². The Morgan fingerprint density at radius 2 is 2.08 bits per heavy atom. The van der Waals surface area contributed by atoms with Crippen molar-refractivity contribution in [2.75, 3.05) is 12.4 Å². The van der Waals surface area contributed by atoms with Crippen molar-refractivity contribution < 1.29 is 9.53 Å². The molecule has 1 N–H and O–H groups in total. The van der Waals surface area contributed by atoms with E-state index in [-0.39, 0.29) is 5.91 Å². The monoisotopic (exact) mass is 419 g/mol. The molecule has 1 amide bonds. The molecule has 3 aromatic rings. The van der Waals surface area contributed by atoms with Gasteiger partial charge in [0.2, 0.25) is 0 Å². The van der Waals surface area contributed by atoms with E-state index in [0.29, 0.717) is 28.7 Å². The van der Waals surface area contributed by atoms with E-state index >= 15 is 0 Å². The molecule has 0 spiro atoms. The number of carbonyl (C=O) groups excluding carboxylic acids is 1. The first-order valence-electron chi connectivity index (χ1n) is 7.48. The van der Waals surface area contributed by atoms with Gasteiger partial charge < -0.3 is 10.1 Å². The van der Waals surface area contributed by atoms with Crippen LogP contribution >= 0.6 is 27.5 Å². The lowest BCUT2D eigenvalue weighted by Crippen LogP contribution is -2.17. The van der Waals surface area contributed by atoms with Gasteiger partial charge in [0.1, 0.15) is 11.6 Å². The molecule has 0 saturated heterocycles. The molecule has 0 radical (unpaired) electrons. The van der Waals surface area contributed by atoms with Crippen LogP contribution in [-0.4, -0.2) is 22.8 Å². The van der Waals surface area contributed by atoms with Crippen molar-refractivity contribution in [1.29, 1.82) is 0 Å². The fourth-order valence-electron chi connectivity index (χ4n) is 2.39. The van der Waals surface area contributed by atoms with Crippen molar-refractivity contribution in [3.63, 3.8) is 0 Å². The lowest BCUT2D eigenvalue weighted by molar-refractivity contribution is 0.102. The van der Waals surface area contributed by atoms with Crippen LogP contribution in [0.25, 0.3) is 0 Å². The fraction of sp³-hybridized carbons (Fsp3) is 0.111. The predicted octanol–water partition coefficient (Wildman–Crippen LogP) is 4.61. The standard InChI is InChI=1S/C18H15BrClN3O2/c1-25-16-10-13(20)6-7-14(16)18(24)22-17-8-9-21-23(17)11-12-4-2-3-5-15(12)19/h2-10H,11H2,1H3,(H,22,24). The summed E-state index contributed by atoms with van der Waals surface area (Å²) in [7, 11) is 1.50. The highest BCUT2D eigenvalue weighted by Crippen LogP contribution is 2.24. The van der Waals surface area contributed by atoms with Gasteiger partial charge >= 0.3 is 0 Å². The van der Waals surface area contributed by atoms with E-state index in [1.165, 1.54) is 7.11 Å². The lowest BCUT2D eigenvalue weighted by atomic mass is 10.2. The summed E-state index contributed by atoms with van der Waals surface area (Å²) in [5.41, 5.74) is 1.46. The molecule has 1 heterocycles. The highest BCUT2D eigenvalue weighted by molar-refractivity contribution is 9.10. The van der Waals surface area contributed by atoms with Crippen LogP contribution in [0.4, 0.5) is 5.82 Å². The largest absolute Gasteiger partial charge is 0.496 e. The molecule has 7 heteroatoms. The molecule has 128 valence electrons. The number of hydrogen-bond donors (Lipinski definition) is 1. The molecule has 1 aromatic heterocycles. The first kappa shape index (κ1) is 17.5. The fourth-order valence-corrected chi connectivity index (χ4v) is 2.96. The normalized spacial score (nSPS) is 10.5. The topological polar surface area (TPSA) is 56.1 Å². The third-order valence-corrected chi connectivity index (χ3v) is 4.65. The number of benzene rings is 2. The summed E-state index contributed by atoms with van der Waals surface area (Å²) in [4.78, 5) is 12.6. The molecule has 0 unspecified atom stereocenters. The van der Waals surface area contributed by atoms with Crippen molar-refractivity contribution in [1.82, 2.24) is 9.78 Å². The van der Waals surface area contributed by atoms with Gasteiger partial charge in [0.25, 0.3) is 5.91 Å². The van der Waals surface area contributed by atoms with Crippen LogP contribution in [0, 0.1) is 0 Å². The van der Waals surface area contributed by atoms with Crippen LogP contribution in [0.5, 0.6) is 5.75 Å². The Kier molecular flexibility index (Phi) is 5.40. The van der Waals surface area contributed by atoms with Crippen LogP contribution in [0.2, 0.25) is 5.02 Å². The first-order chi connectivity index (χ1) is 12.1. The van der Waals surface area contributed by atoms with Gasteiger partial charge in [-0.05, 0) is 29.8 Å². The van der Waals surface area contributed by atoms with Crippen LogP contribution in [0.1, 0.15) is 15.9 Å². The molecular formula is C18H15BrClN3O2. The van der Waals surface area contributed by atoms with Crippen molar-refractivity contribution in [2.24, 2.45) is 0 Å². The minimum atomic E-state index is -0.289. The maximum atomic E-state index is 12.6. The third kappa shape index (κ3) is 4.03. The molecule has 5 nitrogen and oxygen atoms in total. The van der Waals surface area contributed by atoms with Gasteiger partial charge in [0, 0.05) is 15.6 Å². The Labute approximate surface area is 158 Å². The zero-order valence-electron chi connectivity index (χ0n) is 13.4. The van der Waals surface area contributed by atoms with Crippen LogP contribution in [0.15, 0.2) is 59.2 Å². The van der Waals surface area contributed by atoms with Gasteiger partial charge in [-0.3, -0.25) is 4.79 Å². The average molecular weight is 421 g/mol. The molecule has 2 aromatic carbocycles. The molecule has 0 atom stereocenters. The summed E-state index contributed by atoms with van der Waals surface area (Å²) < 4.78 is 7.94. The Balaban J connectivity index is 1.82. The number of anilines is 1. The van der Waals surface area contributed by atoms with Crippen LogP contribution in [0.3, 0.4) is 0 Å². The van der Waals surface area contributed by atoms with Crippen molar-refractivity contribution >= 4 is 39.3 Å². The summed E-state index contributed by atoms with van der Waals surface area (Å²) >= 11 is 9.47. The van der Waals surface area contributed by atoms with Gasteiger partial charge in [-0.1, -0.05) is 45.7 Å². The second-order valence-corrected chi connectivity index (χ2v) is 6.56. The summed E-state index contributed by atoms with van der Waals surface area (Å²) in [6, 6.07) is 14.5. The summed E-state index contributed by atoms with van der Waals surface area (Å²) in [5, 5.41) is 7.66. The Morgan fingerprint density at radius 3 is 2.84 bits per heavy atom. The van der Waals surface area contributed by atoms with E-state index in [0.717, 1.165) is 10.0 Å². The van der Waals surface area contributed by atoms with Crippen molar-refractivity contribution in [2.45, 2.75) is 6.54 Å². The third-order valence-electron chi connectivity index (χ3n) is 3.64. The number of halogens is 2. The number of hydrogen-bond acceptors (Lipinski definition) is 3. The quantitative estimate of drug-likeness (QED) is 0.656. The molecule has 0 bridgehead atoms. The van der Waals surface area contributed by atoms with Gasteiger partial charge in [0.05, 0.1) is 25.4 Å². The summed E-state index contributed by atoms with van der Waals surface area (Å²) in [6.07, 6.45) is 1.64. The van der Waals surface area contributed by atoms with Crippen molar-refractivity contribution in [3.8, 4) is 5.75 Å². The highest BCUT2D eigenvalue weighted by Gasteiger charge is 2.15. The van der Waals surface area contributed by atoms with Gasteiger partial charge in [-0.25, -0.2) is 4.68 Å². The Hall–Kier alpha value is -2.31. The Morgan fingerprint density at radius 1 is 1.28 bits per heavy atom. The molecule has 0 fully saturated rings. The summed E-state index contributed by atoms with van der Waals surface area (Å²) in [6.45, 7) is 0.530. The average Bonchev–Trinajstić information content (AvgIpc) is 3.03. The number of rotatable bonds is 5. The van der Waals surface area contributed by atoms with Gasteiger partial charge in [-0.15, -0.1) is 0 Å². The summed E-state index contributed by atoms with van der Waals surface area (Å²) in [5.74, 6) is 0.724. The number of nitrogens with one attached hydrogen (secondary N) is 1. The molecule has 0 aliphatic carbocycles. The maximum Gasteiger partial charge on any atom is 0.260 e. The number of nitrogens with zero attached hydrogens (tertiary/aromatic N) is 2. The van der Waals surface area contributed by atoms with E-state index < -0.39 is 0 Å². The number of ether oxygens (including phenoxy) is 1. The minimum absolute atomic E-state index is 0.289. The molecule has 0 saturated carbocycles. The first-order valence-corrected chi connectivity index (χ1v) is 8.65. The minimum Gasteiger partial charge on any atom is -0.496 e. The van der Waals surface area contributed by atoms with Crippen LogP contribution < -0.4 is 10.1 Å². The van der Waals surface area contributed by atoms with E-state index in [1.807, 2.05) is 24.3 Å². The lowest BCUT2D eigenvalue weighted by Gasteiger charge is -2.12. The number of aromatic nitrogens is 2. The number of methoxy groups -OCH3 is 1. The molecule has 25 heavy (non-hydrogen) atoms. The highest BCUT2D eigenvalue weighted by atomic mass is 79.9. The molecule has 3 rings (SSSR count). The van der Waals surface area contributed by atoms with Gasteiger partial charge in [0.15, 0.2) is 0 Å². The van der Waals surface area contributed by atoms with E-state index in [2.05, 4.69) is 26.3 Å². The van der Waals surface area contributed by atoms with Gasteiger partial charge in [-0.2, -0.15) is 5.10 Å². The van der Waals surface area contributed by atoms with Crippen LogP contribution in [-0.2, 0) is 6.54 Å². The second kappa shape index (κ2) is 7.72. The van der Waals surface area contributed by atoms with E-state index in [4.69, 9.17) is 16.3 Å². The SMILES string of the molecule is COc1cc(Cl)ccc1C(=O)Nc1ccnn1Cc1ccccc1Br. The molecule has 0 aliphatic rings. The Bertz CT molecular complexity index is 911. The van der Waals surface area contributed by atoms with E-state index in [9.17, 15) is 4.79 Å². The molecular weight excluding hydrogens is 406 g/mol. The number of amides is 1. The number of carbonyl (C=O) groups is 1. The maximum absolute atomic E-state index is 12.6. The zero-order chi connectivity index (χ0) is 17.8. The zero-order valence-corrected chi connectivity index (χ0v) is 15.7. The second-order valence-electron chi connectivity index (χ2n) is 5.26. The predicted molar refractivity (Wildman–Crippen MR) is 101 cm³/mol. The van der Waals surface area contributed by atoms with Crippen molar-refractivity contribution in [3.05, 3.63) is 75.4 Å². The smallest absolute Gasteiger partial charge is 0.260 e.